The Kier molecular flexibility index (Phi) is 2.80. The van der Waals surface area contributed by atoms with Crippen LogP contribution in [0.5, 0.6) is 0 Å². The predicted molar refractivity (Wildman–Crippen MR) is 60.3 cm³/mol. The zero-order valence-electron chi connectivity index (χ0n) is 9.37. The molecule has 0 aromatic rings. The highest BCUT2D eigenvalue weighted by Crippen LogP contribution is 2.50. The monoisotopic (exact) mass is 194 g/mol. The Labute approximate surface area is 87.0 Å². The van der Waals surface area contributed by atoms with Crippen molar-refractivity contribution in [2.75, 3.05) is 0 Å². The number of amidine groups is 1. The molecule has 4 unspecified atom stereocenters. The Morgan fingerprint density at radius 3 is 2.71 bits per heavy atom. The van der Waals surface area contributed by atoms with E-state index >= 15 is 0 Å². The lowest BCUT2D eigenvalue weighted by atomic mass is 9.84. The lowest BCUT2D eigenvalue weighted by Gasteiger charge is -2.25. The summed E-state index contributed by atoms with van der Waals surface area (Å²) >= 11 is 0. The van der Waals surface area contributed by atoms with E-state index in [0.29, 0.717) is 6.04 Å². The van der Waals surface area contributed by atoms with Crippen molar-refractivity contribution in [3.8, 4) is 0 Å². The Balaban J connectivity index is 1.96. The summed E-state index contributed by atoms with van der Waals surface area (Å²) in [4.78, 5) is 4.59. The van der Waals surface area contributed by atoms with Gasteiger partial charge < -0.3 is 5.73 Å². The summed E-state index contributed by atoms with van der Waals surface area (Å²) in [5.74, 6) is 3.65. The average molecular weight is 194 g/mol. The normalized spacial score (nSPS) is 39.0. The van der Waals surface area contributed by atoms with Crippen LogP contribution in [0.3, 0.4) is 0 Å². The molecule has 2 saturated carbocycles. The molecule has 0 aromatic heterocycles. The zero-order valence-corrected chi connectivity index (χ0v) is 9.37. The fourth-order valence-electron chi connectivity index (χ4n) is 3.33. The van der Waals surface area contributed by atoms with Crippen LogP contribution in [0, 0.1) is 17.8 Å². The molecule has 0 heterocycles. The second-order valence-corrected chi connectivity index (χ2v) is 5.05. The Hall–Kier alpha value is -0.530. The number of rotatable bonds is 3. The first-order valence-electron chi connectivity index (χ1n) is 6.02. The second kappa shape index (κ2) is 3.92. The maximum Gasteiger partial charge on any atom is 0.0937 e. The van der Waals surface area contributed by atoms with Crippen molar-refractivity contribution in [1.82, 2.24) is 0 Å². The molecule has 0 aromatic carbocycles. The van der Waals surface area contributed by atoms with Crippen molar-refractivity contribution >= 4 is 5.84 Å². The number of nitrogens with two attached hydrogens (primary N) is 1. The molecule has 2 N–H and O–H groups in total. The fourth-order valence-corrected chi connectivity index (χ4v) is 3.33. The summed E-state index contributed by atoms with van der Waals surface area (Å²) in [6.45, 7) is 4.32. The summed E-state index contributed by atoms with van der Waals surface area (Å²) < 4.78 is 0. The molecule has 2 aliphatic carbocycles. The summed E-state index contributed by atoms with van der Waals surface area (Å²) in [6, 6.07) is 0.463. The van der Waals surface area contributed by atoms with Crippen LogP contribution in [0.4, 0.5) is 0 Å². The summed E-state index contributed by atoms with van der Waals surface area (Å²) in [5.41, 5.74) is 5.79. The molecule has 2 bridgehead atoms. The molecule has 2 heteroatoms. The van der Waals surface area contributed by atoms with E-state index < -0.39 is 0 Å². The highest BCUT2D eigenvalue weighted by atomic mass is 14.9. The van der Waals surface area contributed by atoms with Gasteiger partial charge in [0, 0.05) is 6.42 Å². The zero-order chi connectivity index (χ0) is 10.1. The average Bonchev–Trinajstić information content (AvgIpc) is 2.78. The molecule has 0 amide bonds. The van der Waals surface area contributed by atoms with E-state index in [0.717, 1.165) is 30.0 Å². The molecule has 2 rings (SSSR count). The standard InChI is InChI=1S/C12H22N2/c1-3-12(13)14-8(2)11-7-9-4-5-10(11)6-9/h8-11H,3-7H2,1-2H3,(H2,13,14). The van der Waals surface area contributed by atoms with Gasteiger partial charge in [-0.15, -0.1) is 0 Å². The minimum atomic E-state index is 0.463. The van der Waals surface area contributed by atoms with Crippen molar-refractivity contribution in [1.29, 1.82) is 0 Å². The quantitative estimate of drug-likeness (QED) is 0.544. The Morgan fingerprint density at radius 1 is 1.43 bits per heavy atom. The van der Waals surface area contributed by atoms with E-state index in [2.05, 4.69) is 18.8 Å². The van der Waals surface area contributed by atoms with Gasteiger partial charge in [-0.25, -0.2) is 0 Å². The first kappa shape index (κ1) is 10.0. The highest BCUT2D eigenvalue weighted by Gasteiger charge is 2.41. The minimum absolute atomic E-state index is 0.463. The van der Waals surface area contributed by atoms with Crippen LogP contribution in [0.15, 0.2) is 4.99 Å². The van der Waals surface area contributed by atoms with Crippen LogP contribution in [0.2, 0.25) is 0 Å². The van der Waals surface area contributed by atoms with Gasteiger partial charge in [0.15, 0.2) is 0 Å². The molecule has 0 spiro atoms. The number of hydrogen-bond donors (Lipinski definition) is 1. The second-order valence-electron chi connectivity index (χ2n) is 5.05. The first-order chi connectivity index (χ1) is 6.70. The van der Waals surface area contributed by atoms with Crippen molar-refractivity contribution in [2.45, 2.75) is 52.0 Å². The number of nitrogens with zero attached hydrogens (tertiary/aromatic N) is 1. The van der Waals surface area contributed by atoms with Gasteiger partial charge in [0.2, 0.25) is 0 Å². The van der Waals surface area contributed by atoms with Crippen LogP contribution in [0.1, 0.15) is 46.0 Å². The molecule has 80 valence electrons. The van der Waals surface area contributed by atoms with Crippen LogP contribution in [-0.2, 0) is 0 Å². The van der Waals surface area contributed by atoms with Gasteiger partial charge in [0.1, 0.15) is 0 Å². The van der Waals surface area contributed by atoms with Crippen LogP contribution >= 0.6 is 0 Å². The van der Waals surface area contributed by atoms with Gasteiger partial charge in [-0.3, -0.25) is 4.99 Å². The van der Waals surface area contributed by atoms with Gasteiger partial charge >= 0.3 is 0 Å². The molecule has 4 atom stereocenters. The summed E-state index contributed by atoms with van der Waals surface area (Å²) in [7, 11) is 0. The van der Waals surface area contributed by atoms with Gasteiger partial charge in [-0.2, -0.15) is 0 Å². The van der Waals surface area contributed by atoms with E-state index in [1.165, 1.54) is 25.7 Å². The summed E-state index contributed by atoms with van der Waals surface area (Å²) in [5, 5.41) is 0. The summed E-state index contributed by atoms with van der Waals surface area (Å²) in [6.07, 6.45) is 6.69. The molecule has 0 saturated heterocycles. The Bertz CT molecular complexity index is 234. The van der Waals surface area contributed by atoms with Crippen LogP contribution in [-0.4, -0.2) is 11.9 Å². The topological polar surface area (TPSA) is 38.4 Å². The van der Waals surface area contributed by atoms with Crippen molar-refractivity contribution in [2.24, 2.45) is 28.5 Å². The van der Waals surface area contributed by atoms with E-state index in [1.54, 1.807) is 0 Å². The van der Waals surface area contributed by atoms with E-state index in [4.69, 9.17) is 5.73 Å². The predicted octanol–water partition coefficient (Wildman–Crippen LogP) is 2.58. The van der Waals surface area contributed by atoms with Gasteiger partial charge in [0.25, 0.3) is 0 Å². The van der Waals surface area contributed by atoms with E-state index in [-0.39, 0.29) is 0 Å². The third kappa shape index (κ3) is 1.79. The van der Waals surface area contributed by atoms with Gasteiger partial charge in [-0.1, -0.05) is 13.3 Å². The number of aliphatic imine (C=N–C) groups is 1. The van der Waals surface area contributed by atoms with Crippen LogP contribution < -0.4 is 5.73 Å². The maximum absolute atomic E-state index is 5.79. The molecule has 14 heavy (non-hydrogen) atoms. The molecular weight excluding hydrogens is 172 g/mol. The molecule has 2 nitrogen and oxygen atoms in total. The SMILES string of the molecule is CCC(N)=NC(C)C1CC2CCC1C2. The highest BCUT2D eigenvalue weighted by molar-refractivity contribution is 5.80. The lowest BCUT2D eigenvalue weighted by Crippen LogP contribution is -2.24. The largest absolute Gasteiger partial charge is 0.387 e. The van der Waals surface area contributed by atoms with E-state index in [1.807, 2.05) is 0 Å². The molecule has 0 aliphatic heterocycles. The van der Waals surface area contributed by atoms with E-state index in [9.17, 15) is 0 Å². The molecular formula is C12H22N2. The van der Waals surface area contributed by atoms with Gasteiger partial charge in [0.05, 0.1) is 11.9 Å². The Morgan fingerprint density at radius 2 is 2.21 bits per heavy atom. The smallest absolute Gasteiger partial charge is 0.0937 e. The van der Waals surface area contributed by atoms with Crippen molar-refractivity contribution in [3.63, 3.8) is 0 Å². The molecule has 2 aliphatic rings. The number of hydrogen-bond acceptors (Lipinski definition) is 1. The van der Waals surface area contributed by atoms with Gasteiger partial charge in [-0.05, 0) is 43.9 Å². The first-order valence-corrected chi connectivity index (χ1v) is 6.02. The molecule has 0 radical (unpaired) electrons. The minimum Gasteiger partial charge on any atom is -0.387 e. The molecule has 2 fully saturated rings. The third-order valence-electron chi connectivity index (χ3n) is 4.14. The van der Waals surface area contributed by atoms with Crippen LogP contribution in [0.25, 0.3) is 0 Å². The van der Waals surface area contributed by atoms with Crippen molar-refractivity contribution in [3.05, 3.63) is 0 Å². The number of fused-ring (bicyclic) bond motifs is 2. The fraction of sp³-hybridized carbons (Fsp3) is 0.917. The lowest BCUT2D eigenvalue weighted by molar-refractivity contribution is 0.294. The third-order valence-corrected chi connectivity index (χ3v) is 4.14. The van der Waals surface area contributed by atoms with Crippen molar-refractivity contribution < 1.29 is 0 Å². The maximum atomic E-state index is 5.79.